The van der Waals surface area contributed by atoms with Gasteiger partial charge in [-0.15, -0.1) is 0 Å². The Labute approximate surface area is 172 Å². The molecule has 1 amide bonds. The summed E-state index contributed by atoms with van der Waals surface area (Å²) < 4.78 is 1.84. The van der Waals surface area contributed by atoms with Crippen LogP contribution in [0, 0.1) is 0 Å². The number of hydrogen-bond donors (Lipinski definition) is 1. The predicted octanol–water partition coefficient (Wildman–Crippen LogP) is 2.71. The maximum atomic E-state index is 13.4. The molecular formula is C24H28N4O. The van der Waals surface area contributed by atoms with E-state index in [-0.39, 0.29) is 5.91 Å². The Balaban J connectivity index is 1.47. The highest BCUT2D eigenvalue weighted by atomic mass is 16.2. The lowest BCUT2D eigenvalue weighted by Crippen LogP contribution is -2.59. The number of benzene rings is 2. The van der Waals surface area contributed by atoms with Crippen molar-refractivity contribution in [2.75, 3.05) is 20.1 Å². The predicted molar refractivity (Wildman–Crippen MR) is 115 cm³/mol. The van der Waals surface area contributed by atoms with Crippen LogP contribution < -0.4 is 5.32 Å². The van der Waals surface area contributed by atoms with Crippen molar-refractivity contribution in [2.24, 2.45) is 0 Å². The van der Waals surface area contributed by atoms with Crippen molar-refractivity contribution in [3.8, 4) is 0 Å². The summed E-state index contributed by atoms with van der Waals surface area (Å²) in [5, 5.41) is 7.39. The molecule has 0 atom stereocenters. The van der Waals surface area contributed by atoms with Gasteiger partial charge in [0.05, 0.1) is 6.54 Å². The van der Waals surface area contributed by atoms with Gasteiger partial charge in [0, 0.05) is 38.3 Å². The maximum Gasteiger partial charge on any atom is 0.241 e. The highest BCUT2D eigenvalue weighted by Crippen LogP contribution is 2.34. The minimum absolute atomic E-state index is 0.108. The van der Waals surface area contributed by atoms with Gasteiger partial charge in [0.25, 0.3) is 0 Å². The molecule has 150 valence electrons. The number of fused-ring (bicyclic) bond motifs is 1. The molecule has 0 fully saturated rings. The van der Waals surface area contributed by atoms with E-state index in [0.717, 1.165) is 25.8 Å². The van der Waals surface area contributed by atoms with Crippen molar-refractivity contribution < 1.29 is 4.79 Å². The van der Waals surface area contributed by atoms with Crippen LogP contribution in [0.25, 0.3) is 0 Å². The number of rotatable bonds is 8. The summed E-state index contributed by atoms with van der Waals surface area (Å²) in [6.07, 6.45) is 6.10. The first-order valence-corrected chi connectivity index (χ1v) is 10.2. The maximum absolute atomic E-state index is 13.4. The van der Waals surface area contributed by atoms with E-state index in [4.69, 9.17) is 0 Å². The molecule has 0 aliphatic heterocycles. The molecule has 0 unspecified atom stereocenters. The van der Waals surface area contributed by atoms with Gasteiger partial charge in [-0.25, -0.2) is 0 Å². The fourth-order valence-corrected chi connectivity index (χ4v) is 4.24. The van der Waals surface area contributed by atoms with E-state index in [2.05, 4.69) is 70.9 Å². The normalized spacial score (nSPS) is 14.7. The molecule has 0 saturated heterocycles. The van der Waals surface area contributed by atoms with Crippen LogP contribution >= 0.6 is 0 Å². The monoisotopic (exact) mass is 388 g/mol. The Kier molecular flexibility index (Phi) is 5.76. The lowest BCUT2D eigenvalue weighted by Gasteiger charge is -2.37. The van der Waals surface area contributed by atoms with E-state index >= 15 is 0 Å². The lowest BCUT2D eigenvalue weighted by molar-refractivity contribution is -0.132. The molecule has 1 N–H and O–H groups in total. The number of nitrogens with zero attached hydrogens (tertiary/aromatic N) is 3. The summed E-state index contributed by atoms with van der Waals surface area (Å²) in [4.78, 5) is 15.7. The van der Waals surface area contributed by atoms with Gasteiger partial charge in [0.15, 0.2) is 0 Å². The molecule has 0 spiro atoms. The number of nitrogens with one attached hydrogen (secondary N) is 1. The van der Waals surface area contributed by atoms with Gasteiger partial charge >= 0.3 is 0 Å². The van der Waals surface area contributed by atoms with E-state index in [1.807, 2.05) is 23.0 Å². The van der Waals surface area contributed by atoms with E-state index in [0.29, 0.717) is 13.1 Å². The zero-order valence-electron chi connectivity index (χ0n) is 16.9. The fourth-order valence-electron chi connectivity index (χ4n) is 4.24. The molecule has 3 aromatic rings. The standard InChI is InChI=1S/C24H28N4O/c1-27(16-12-20-8-3-2-4-9-20)24(18-21-10-5-6-11-22(21)19-24)23(29)25-14-17-28-15-7-13-26-28/h2-11,13,15H,12,14,16-19H2,1H3,(H,25,29). The van der Waals surface area contributed by atoms with Crippen molar-refractivity contribution in [1.29, 1.82) is 0 Å². The topological polar surface area (TPSA) is 50.2 Å². The molecular weight excluding hydrogens is 360 g/mol. The zero-order chi connectivity index (χ0) is 20.1. The van der Waals surface area contributed by atoms with Gasteiger partial charge in [-0.3, -0.25) is 14.4 Å². The second-order valence-corrected chi connectivity index (χ2v) is 7.84. The number of likely N-dealkylation sites (N-methyl/N-ethyl adjacent to an activating group) is 1. The van der Waals surface area contributed by atoms with E-state index in [9.17, 15) is 4.79 Å². The van der Waals surface area contributed by atoms with E-state index in [1.54, 1.807) is 6.20 Å². The molecule has 0 saturated carbocycles. The van der Waals surface area contributed by atoms with Crippen LogP contribution in [0.15, 0.2) is 73.1 Å². The Morgan fingerprint density at radius 2 is 1.76 bits per heavy atom. The van der Waals surface area contributed by atoms with Gasteiger partial charge in [0.1, 0.15) is 5.54 Å². The van der Waals surface area contributed by atoms with Gasteiger partial charge in [0.2, 0.25) is 5.91 Å². The Hall–Kier alpha value is -2.92. The molecule has 1 aliphatic carbocycles. The Morgan fingerprint density at radius 1 is 1.07 bits per heavy atom. The summed E-state index contributed by atoms with van der Waals surface area (Å²) in [7, 11) is 2.09. The molecule has 0 bridgehead atoms. The largest absolute Gasteiger partial charge is 0.353 e. The number of carbonyl (C=O) groups excluding carboxylic acids is 1. The van der Waals surface area contributed by atoms with Crippen molar-refractivity contribution >= 4 is 5.91 Å². The first-order chi connectivity index (χ1) is 14.2. The lowest BCUT2D eigenvalue weighted by atomic mass is 9.91. The number of amides is 1. The third kappa shape index (κ3) is 4.25. The third-order valence-electron chi connectivity index (χ3n) is 6.00. The number of aromatic nitrogens is 2. The summed E-state index contributed by atoms with van der Waals surface area (Å²) in [5.41, 5.74) is 3.31. The van der Waals surface area contributed by atoms with Crippen molar-refractivity contribution in [3.05, 3.63) is 89.7 Å². The van der Waals surface area contributed by atoms with Crippen molar-refractivity contribution in [3.63, 3.8) is 0 Å². The van der Waals surface area contributed by atoms with Crippen molar-refractivity contribution in [1.82, 2.24) is 20.0 Å². The minimum Gasteiger partial charge on any atom is -0.353 e. The summed E-state index contributed by atoms with van der Waals surface area (Å²) >= 11 is 0. The average molecular weight is 389 g/mol. The second kappa shape index (κ2) is 8.62. The molecule has 1 aliphatic rings. The number of carbonyl (C=O) groups is 1. The van der Waals surface area contributed by atoms with Gasteiger partial charge in [-0.1, -0.05) is 54.6 Å². The first kappa shape index (κ1) is 19.4. The smallest absolute Gasteiger partial charge is 0.241 e. The molecule has 2 aromatic carbocycles. The van der Waals surface area contributed by atoms with Crippen molar-refractivity contribution in [2.45, 2.75) is 31.3 Å². The molecule has 0 radical (unpaired) electrons. The first-order valence-electron chi connectivity index (χ1n) is 10.2. The average Bonchev–Trinajstić information content (AvgIpc) is 3.41. The van der Waals surface area contributed by atoms with Crippen LogP contribution in [0.5, 0.6) is 0 Å². The molecule has 4 rings (SSSR count). The quantitative estimate of drug-likeness (QED) is 0.646. The SMILES string of the molecule is CN(CCc1ccccc1)C1(C(=O)NCCn2cccn2)Cc2ccccc2C1. The molecule has 5 nitrogen and oxygen atoms in total. The summed E-state index contributed by atoms with van der Waals surface area (Å²) in [6.45, 7) is 2.09. The van der Waals surface area contributed by atoms with Gasteiger partial charge in [-0.2, -0.15) is 5.10 Å². The molecule has 1 heterocycles. The summed E-state index contributed by atoms with van der Waals surface area (Å²) in [5.74, 6) is 0.108. The third-order valence-corrected chi connectivity index (χ3v) is 6.00. The van der Waals surface area contributed by atoms with Gasteiger partial charge in [-0.05, 0) is 36.2 Å². The van der Waals surface area contributed by atoms with Gasteiger partial charge < -0.3 is 5.32 Å². The Bertz CT molecular complexity index is 912. The molecule has 29 heavy (non-hydrogen) atoms. The second-order valence-electron chi connectivity index (χ2n) is 7.84. The van der Waals surface area contributed by atoms with Crippen LogP contribution in [-0.4, -0.2) is 46.3 Å². The highest BCUT2D eigenvalue weighted by Gasteiger charge is 2.46. The van der Waals surface area contributed by atoms with Crippen LogP contribution in [0.2, 0.25) is 0 Å². The highest BCUT2D eigenvalue weighted by molar-refractivity contribution is 5.88. The minimum atomic E-state index is -0.539. The zero-order valence-corrected chi connectivity index (χ0v) is 16.9. The fraction of sp³-hybridized carbons (Fsp3) is 0.333. The summed E-state index contributed by atoms with van der Waals surface area (Å²) in [6, 6.07) is 20.8. The van der Waals surface area contributed by atoms with Crippen LogP contribution in [0.3, 0.4) is 0 Å². The van der Waals surface area contributed by atoms with Crippen LogP contribution in [0.1, 0.15) is 16.7 Å². The molecule has 1 aromatic heterocycles. The molecule has 5 heteroatoms. The van der Waals surface area contributed by atoms with E-state index in [1.165, 1.54) is 16.7 Å². The van der Waals surface area contributed by atoms with Crippen LogP contribution in [0.4, 0.5) is 0 Å². The number of hydrogen-bond acceptors (Lipinski definition) is 3. The van der Waals surface area contributed by atoms with E-state index < -0.39 is 5.54 Å². The van der Waals surface area contributed by atoms with Crippen LogP contribution in [-0.2, 0) is 30.6 Å². The Morgan fingerprint density at radius 3 is 2.41 bits per heavy atom.